The fraction of sp³-hybridized carbons (Fsp3) is 0.125. The van der Waals surface area contributed by atoms with Crippen LogP contribution in [0.4, 0.5) is 39.5 Å². The first-order valence-corrected chi connectivity index (χ1v) is 12.7. The van der Waals surface area contributed by atoms with Gasteiger partial charge in [-0.2, -0.15) is 22.0 Å². The van der Waals surface area contributed by atoms with Crippen LogP contribution in [0.1, 0.15) is 34.2 Å². The van der Waals surface area contributed by atoms with Crippen LogP contribution in [-0.4, -0.2) is 0 Å². The van der Waals surface area contributed by atoms with Crippen LogP contribution in [-0.2, 0) is 18.7 Å². The van der Waals surface area contributed by atoms with Gasteiger partial charge >= 0.3 is 12.3 Å². The van der Waals surface area contributed by atoms with Gasteiger partial charge in [0, 0.05) is 22.8 Å². The molecule has 0 unspecified atom stereocenters. The van der Waals surface area contributed by atoms with Crippen LogP contribution < -0.4 is 4.74 Å². The minimum Gasteiger partial charge on any atom is -0.429 e. The van der Waals surface area contributed by atoms with Crippen LogP contribution >= 0.6 is 11.6 Å². The first-order chi connectivity index (χ1) is 20.2. The first kappa shape index (κ1) is 31.6. The molecular weight excluding hydrogens is 607 g/mol. The lowest BCUT2D eigenvalue weighted by molar-refractivity contribution is -0.189. The fourth-order valence-corrected chi connectivity index (χ4v) is 4.39. The lowest BCUT2D eigenvalue weighted by Gasteiger charge is -2.21. The van der Waals surface area contributed by atoms with Crippen molar-refractivity contribution in [3.8, 4) is 28.7 Å². The molecule has 0 bridgehead atoms. The lowest BCUT2D eigenvalue weighted by atomic mass is 10.00. The lowest BCUT2D eigenvalue weighted by Crippen LogP contribution is -2.25. The van der Waals surface area contributed by atoms with E-state index in [-0.39, 0.29) is 23.3 Å². The molecule has 4 rings (SSSR count). The Kier molecular flexibility index (Phi) is 9.16. The second-order valence-corrected chi connectivity index (χ2v) is 9.57. The van der Waals surface area contributed by atoms with Gasteiger partial charge in [-0.1, -0.05) is 47.7 Å². The van der Waals surface area contributed by atoms with Crippen LogP contribution in [0.3, 0.4) is 0 Å². The van der Waals surface area contributed by atoms with E-state index in [2.05, 4.69) is 23.2 Å². The number of rotatable bonds is 7. The molecule has 0 atom stereocenters. The molecule has 0 aliphatic carbocycles. The van der Waals surface area contributed by atoms with E-state index in [1.54, 1.807) is 18.2 Å². The molecule has 0 saturated carbocycles. The number of benzene rings is 4. The SMILES string of the molecule is C=CCCc1ccc(C#Cc2ccc(-c3cc(F)c(C(F)(F)Oc4cc(F)c(C(F)(F)F)c(Cl)c4)c(F)c3)c(F)c2)cc1. The van der Waals surface area contributed by atoms with Crippen molar-refractivity contribution in [2.45, 2.75) is 25.1 Å². The second-order valence-electron chi connectivity index (χ2n) is 9.16. The maximum absolute atomic E-state index is 14.9. The summed E-state index contributed by atoms with van der Waals surface area (Å²) in [6, 6.07) is 12.0. The monoisotopic (exact) mass is 624 g/mol. The molecule has 0 amide bonds. The highest BCUT2D eigenvalue weighted by atomic mass is 35.5. The van der Waals surface area contributed by atoms with Gasteiger partial charge in [0.05, 0.1) is 5.02 Å². The van der Waals surface area contributed by atoms with E-state index in [1.165, 1.54) is 6.07 Å². The van der Waals surface area contributed by atoms with Crippen LogP contribution in [0, 0.1) is 35.1 Å². The zero-order chi connectivity index (χ0) is 31.5. The number of aryl methyl sites for hydroxylation is 1. The smallest absolute Gasteiger partial charge is 0.429 e. The summed E-state index contributed by atoms with van der Waals surface area (Å²) in [6.07, 6.45) is -6.62. The van der Waals surface area contributed by atoms with Gasteiger partial charge in [0.25, 0.3) is 0 Å². The molecule has 43 heavy (non-hydrogen) atoms. The van der Waals surface area contributed by atoms with Crippen molar-refractivity contribution >= 4 is 11.6 Å². The van der Waals surface area contributed by atoms with E-state index in [0.29, 0.717) is 17.7 Å². The van der Waals surface area contributed by atoms with Gasteiger partial charge in [0.2, 0.25) is 0 Å². The Morgan fingerprint density at radius 3 is 1.86 bits per heavy atom. The molecule has 0 saturated heterocycles. The normalized spacial score (nSPS) is 11.6. The van der Waals surface area contributed by atoms with Gasteiger partial charge in [0.15, 0.2) is 0 Å². The standard InChI is InChI=1S/C32H18ClF9O/c1-2-3-4-18-5-7-19(8-6-18)9-10-20-11-12-23(25(34)13-20)21-14-26(35)30(27(36)15-21)32(41,42)43-22-16-24(33)29(28(37)17-22)31(38,39)40/h2,5-8,11-17H,1,3-4H2. The number of ether oxygens (including phenoxy) is 1. The van der Waals surface area contributed by atoms with Crippen molar-refractivity contribution in [1.29, 1.82) is 0 Å². The number of hydrogen-bond acceptors (Lipinski definition) is 1. The molecule has 0 aliphatic heterocycles. The van der Waals surface area contributed by atoms with Crippen LogP contribution in [0.25, 0.3) is 11.1 Å². The van der Waals surface area contributed by atoms with Gasteiger partial charge < -0.3 is 4.74 Å². The molecule has 4 aromatic carbocycles. The molecule has 0 spiro atoms. The highest BCUT2D eigenvalue weighted by Gasteiger charge is 2.43. The number of alkyl halides is 5. The summed E-state index contributed by atoms with van der Waals surface area (Å²) in [5.41, 5.74) is -2.65. The van der Waals surface area contributed by atoms with Gasteiger partial charge in [-0.25, -0.2) is 17.6 Å². The number of halogens is 10. The van der Waals surface area contributed by atoms with Crippen molar-refractivity contribution < 1.29 is 44.3 Å². The zero-order valence-electron chi connectivity index (χ0n) is 21.7. The Hall–Kier alpha value is -4.36. The number of hydrogen-bond donors (Lipinski definition) is 0. The third kappa shape index (κ3) is 7.35. The molecule has 222 valence electrons. The van der Waals surface area contributed by atoms with Crippen molar-refractivity contribution in [2.24, 2.45) is 0 Å². The average Bonchev–Trinajstić information content (AvgIpc) is 2.89. The molecular formula is C32H18ClF9O. The summed E-state index contributed by atoms with van der Waals surface area (Å²) in [7, 11) is 0. The van der Waals surface area contributed by atoms with Crippen molar-refractivity contribution in [1.82, 2.24) is 0 Å². The second kappa shape index (κ2) is 12.5. The summed E-state index contributed by atoms with van der Waals surface area (Å²) in [6.45, 7) is 3.67. The van der Waals surface area contributed by atoms with Crippen molar-refractivity contribution in [3.63, 3.8) is 0 Å². The van der Waals surface area contributed by atoms with Gasteiger partial charge in [0.1, 0.15) is 40.1 Å². The molecule has 0 aromatic heterocycles. The Labute approximate surface area is 245 Å². The molecule has 4 aromatic rings. The maximum atomic E-state index is 14.9. The Morgan fingerprint density at radius 1 is 0.721 bits per heavy atom. The topological polar surface area (TPSA) is 9.23 Å². The fourth-order valence-electron chi connectivity index (χ4n) is 4.08. The zero-order valence-corrected chi connectivity index (χ0v) is 22.5. The summed E-state index contributed by atoms with van der Waals surface area (Å²) < 4.78 is 131. The van der Waals surface area contributed by atoms with Crippen LogP contribution in [0.15, 0.2) is 79.4 Å². The van der Waals surface area contributed by atoms with E-state index in [4.69, 9.17) is 11.6 Å². The van der Waals surface area contributed by atoms with Crippen LogP contribution in [0.5, 0.6) is 5.75 Å². The Balaban J connectivity index is 1.57. The van der Waals surface area contributed by atoms with Crippen LogP contribution in [0.2, 0.25) is 5.02 Å². The Bertz CT molecular complexity index is 1690. The van der Waals surface area contributed by atoms with Crippen molar-refractivity contribution in [2.75, 3.05) is 0 Å². The maximum Gasteiger partial charge on any atom is 0.432 e. The number of allylic oxidation sites excluding steroid dienone is 1. The van der Waals surface area contributed by atoms with Gasteiger partial charge in [-0.15, -0.1) is 6.58 Å². The summed E-state index contributed by atoms with van der Waals surface area (Å²) in [5.74, 6) is -2.30. The largest absolute Gasteiger partial charge is 0.432 e. The third-order valence-corrected chi connectivity index (χ3v) is 6.40. The van der Waals surface area contributed by atoms with E-state index in [1.807, 2.05) is 12.1 Å². The highest BCUT2D eigenvalue weighted by molar-refractivity contribution is 6.31. The van der Waals surface area contributed by atoms with E-state index >= 15 is 0 Å². The molecule has 0 fully saturated rings. The van der Waals surface area contributed by atoms with Gasteiger partial charge in [-0.3, -0.25) is 0 Å². The molecule has 0 radical (unpaired) electrons. The summed E-state index contributed by atoms with van der Waals surface area (Å²) in [4.78, 5) is 0. The van der Waals surface area contributed by atoms with E-state index in [9.17, 15) is 39.5 Å². The van der Waals surface area contributed by atoms with Crippen molar-refractivity contribution in [3.05, 3.63) is 135 Å². The summed E-state index contributed by atoms with van der Waals surface area (Å²) in [5, 5.41) is -1.31. The predicted molar refractivity (Wildman–Crippen MR) is 144 cm³/mol. The minimum absolute atomic E-state index is 0.0496. The average molecular weight is 625 g/mol. The van der Waals surface area contributed by atoms with E-state index in [0.717, 1.165) is 30.5 Å². The molecule has 0 N–H and O–H groups in total. The molecule has 11 heteroatoms. The predicted octanol–water partition coefficient (Wildman–Crippen LogP) is 10.2. The van der Waals surface area contributed by atoms with E-state index < -0.39 is 63.0 Å². The summed E-state index contributed by atoms with van der Waals surface area (Å²) >= 11 is 5.36. The quantitative estimate of drug-likeness (QED) is 0.113. The minimum atomic E-state index is -5.24. The first-order valence-electron chi connectivity index (χ1n) is 12.3. The highest BCUT2D eigenvalue weighted by Crippen LogP contribution is 2.42. The molecule has 1 nitrogen and oxygen atoms in total. The van der Waals surface area contributed by atoms with Gasteiger partial charge in [-0.05, 0) is 66.4 Å². The third-order valence-electron chi connectivity index (χ3n) is 6.10. The molecule has 0 heterocycles. The molecule has 0 aliphatic rings. The Morgan fingerprint density at radius 2 is 1.30 bits per heavy atom.